The van der Waals surface area contributed by atoms with Crippen molar-refractivity contribution in [3.05, 3.63) is 33.8 Å². The second kappa shape index (κ2) is 9.86. The summed E-state index contributed by atoms with van der Waals surface area (Å²) in [5, 5.41) is 7.70. The van der Waals surface area contributed by atoms with Crippen LogP contribution in [-0.2, 0) is 13.0 Å². The minimum absolute atomic E-state index is 0.576. The van der Waals surface area contributed by atoms with Gasteiger partial charge in [-0.3, -0.25) is 4.99 Å². The van der Waals surface area contributed by atoms with Crippen molar-refractivity contribution in [2.45, 2.75) is 19.9 Å². The van der Waals surface area contributed by atoms with Gasteiger partial charge in [0.1, 0.15) is 0 Å². The van der Waals surface area contributed by atoms with Crippen molar-refractivity contribution in [1.82, 2.24) is 15.6 Å². The fourth-order valence-electron chi connectivity index (χ4n) is 2.45. The van der Waals surface area contributed by atoms with Gasteiger partial charge in [0.2, 0.25) is 5.75 Å². The lowest BCUT2D eigenvalue weighted by Gasteiger charge is -2.15. The number of ether oxygens (including phenoxy) is 3. The van der Waals surface area contributed by atoms with E-state index in [0.717, 1.165) is 29.5 Å². The molecule has 7 nitrogen and oxygen atoms in total. The molecule has 0 aliphatic rings. The van der Waals surface area contributed by atoms with Gasteiger partial charge in [-0.05, 0) is 24.6 Å². The third kappa shape index (κ3) is 5.26. The van der Waals surface area contributed by atoms with Gasteiger partial charge in [-0.2, -0.15) is 0 Å². The molecule has 0 fully saturated rings. The highest BCUT2D eigenvalue weighted by Crippen LogP contribution is 2.38. The van der Waals surface area contributed by atoms with E-state index >= 15 is 0 Å². The van der Waals surface area contributed by atoms with Crippen LogP contribution < -0.4 is 24.8 Å². The average Bonchev–Trinajstić information content (AvgIpc) is 3.08. The van der Waals surface area contributed by atoms with E-state index in [1.807, 2.05) is 18.3 Å². The van der Waals surface area contributed by atoms with Crippen LogP contribution in [0, 0.1) is 6.92 Å². The first kappa shape index (κ1) is 19.8. The molecule has 1 aromatic carbocycles. The van der Waals surface area contributed by atoms with Gasteiger partial charge in [0.25, 0.3) is 0 Å². The van der Waals surface area contributed by atoms with Crippen molar-refractivity contribution in [3.8, 4) is 17.2 Å². The van der Waals surface area contributed by atoms with E-state index < -0.39 is 0 Å². The molecule has 0 aliphatic heterocycles. The van der Waals surface area contributed by atoms with Gasteiger partial charge in [-0.25, -0.2) is 4.98 Å². The fourth-order valence-corrected chi connectivity index (χ4v) is 3.24. The van der Waals surface area contributed by atoms with Gasteiger partial charge in [0.05, 0.1) is 26.3 Å². The van der Waals surface area contributed by atoms with E-state index in [1.165, 1.54) is 4.88 Å². The maximum Gasteiger partial charge on any atom is 0.203 e. The molecule has 0 spiro atoms. The molecule has 1 aromatic heterocycles. The molecule has 0 aliphatic carbocycles. The molecule has 0 saturated heterocycles. The molecule has 0 unspecified atom stereocenters. The molecular formula is C18H26N4O3S. The Morgan fingerprint density at radius 2 is 1.81 bits per heavy atom. The Morgan fingerprint density at radius 1 is 1.12 bits per heavy atom. The first-order chi connectivity index (χ1) is 12.6. The first-order valence-electron chi connectivity index (χ1n) is 8.26. The number of aryl methyl sites for hydroxylation is 1. The van der Waals surface area contributed by atoms with E-state index in [9.17, 15) is 0 Å². The topological polar surface area (TPSA) is 77.0 Å². The normalized spacial score (nSPS) is 11.2. The molecular weight excluding hydrogens is 352 g/mol. The maximum atomic E-state index is 5.38. The van der Waals surface area contributed by atoms with Crippen LogP contribution in [0.1, 0.15) is 15.4 Å². The minimum Gasteiger partial charge on any atom is -0.493 e. The predicted molar refractivity (Wildman–Crippen MR) is 105 cm³/mol. The molecule has 0 amide bonds. The van der Waals surface area contributed by atoms with Crippen molar-refractivity contribution in [2.24, 2.45) is 4.99 Å². The van der Waals surface area contributed by atoms with Gasteiger partial charge in [0, 0.05) is 37.6 Å². The van der Waals surface area contributed by atoms with Crippen LogP contribution in [0.4, 0.5) is 0 Å². The third-order valence-corrected chi connectivity index (χ3v) is 4.68. The average molecular weight is 378 g/mol. The largest absolute Gasteiger partial charge is 0.493 e. The van der Waals surface area contributed by atoms with Crippen molar-refractivity contribution < 1.29 is 14.2 Å². The monoisotopic (exact) mass is 378 g/mol. The molecule has 0 bridgehead atoms. The van der Waals surface area contributed by atoms with Gasteiger partial charge in [0.15, 0.2) is 17.5 Å². The number of nitrogens with one attached hydrogen (secondary N) is 2. The van der Waals surface area contributed by atoms with Crippen LogP contribution in [-0.4, -0.2) is 45.9 Å². The summed E-state index contributed by atoms with van der Waals surface area (Å²) in [5.41, 5.74) is 0.998. The SMILES string of the molecule is CN=C(NCCc1ncc(C)s1)NCc1cc(OC)c(OC)c(OC)c1. The molecule has 0 saturated carbocycles. The summed E-state index contributed by atoms with van der Waals surface area (Å²) >= 11 is 1.72. The first-order valence-corrected chi connectivity index (χ1v) is 9.07. The van der Waals surface area contributed by atoms with Gasteiger partial charge >= 0.3 is 0 Å². The number of hydrogen-bond donors (Lipinski definition) is 2. The molecule has 2 aromatic rings. The lowest BCUT2D eigenvalue weighted by molar-refractivity contribution is 0.323. The Labute approximate surface area is 158 Å². The number of hydrogen-bond acceptors (Lipinski definition) is 6. The third-order valence-electron chi connectivity index (χ3n) is 3.71. The number of methoxy groups -OCH3 is 3. The van der Waals surface area contributed by atoms with Gasteiger partial charge < -0.3 is 24.8 Å². The van der Waals surface area contributed by atoms with Crippen molar-refractivity contribution in [3.63, 3.8) is 0 Å². The van der Waals surface area contributed by atoms with Crippen LogP contribution in [0.3, 0.4) is 0 Å². The maximum absolute atomic E-state index is 5.38. The van der Waals surface area contributed by atoms with Crippen LogP contribution >= 0.6 is 11.3 Å². The molecule has 0 radical (unpaired) electrons. The summed E-state index contributed by atoms with van der Waals surface area (Å²) in [7, 11) is 6.55. The fraction of sp³-hybridized carbons (Fsp3) is 0.444. The Kier molecular flexibility index (Phi) is 7.53. The summed E-state index contributed by atoms with van der Waals surface area (Å²) in [5.74, 6) is 2.57. The Morgan fingerprint density at radius 3 is 2.31 bits per heavy atom. The van der Waals surface area contributed by atoms with E-state index in [2.05, 4.69) is 27.5 Å². The molecule has 1 heterocycles. The number of nitrogens with zero attached hydrogens (tertiary/aromatic N) is 2. The second-order valence-corrected chi connectivity index (χ2v) is 6.82. The zero-order valence-electron chi connectivity index (χ0n) is 15.9. The van der Waals surface area contributed by atoms with Crippen LogP contribution in [0.25, 0.3) is 0 Å². The Bertz CT molecular complexity index is 721. The number of benzene rings is 1. The second-order valence-electron chi connectivity index (χ2n) is 5.50. The standard InChI is InChI=1S/C18H26N4O3S/c1-12-10-21-16(26-12)6-7-20-18(19-2)22-11-13-8-14(23-3)17(25-5)15(9-13)24-4/h8-10H,6-7,11H2,1-5H3,(H2,19,20,22). The Balaban J connectivity index is 1.93. The zero-order valence-corrected chi connectivity index (χ0v) is 16.7. The van der Waals surface area contributed by atoms with Crippen LogP contribution in [0.5, 0.6) is 17.2 Å². The molecule has 2 rings (SSSR count). The van der Waals surface area contributed by atoms with E-state index in [0.29, 0.717) is 23.8 Å². The number of guanidine groups is 1. The predicted octanol–water partition coefficient (Wildman–Crippen LogP) is 2.39. The van der Waals surface area contributed by atoms with E-state index in [4.69, 9.17) is 14.2 Å². The summed E-state index contributed by atoms with van der Waals surface area (Å²) in [6, 6.07) is 3.83. The highest BCUT2D eigenvalue weighted by Gasteiger charge is 2.13. The van der Waals surface area contributed by atoms with Gasteiger partial charge in [-0.1, -0.05) is 0 Å². The van der Waals surface area contributed by atoms with Gasteiger partial charge in [-0.15, -0.1) is 11.3 Å². The number of rotatable bonds is 8. The minimum atomic E-state index is 0.576. The van der Waals surface area contributed by atoms with Crippen LogP contribution in [0.2, 0.25) is 0 Å². The smallest absolute Gasteiger partial charge is 0.203 e. The molecule has 2 N–H and O–H groups in total. The van der Waals surface area contributed by atoms with Crippen molar-refractivity contribution >= 4 is 17.3 Å². The highest BCUT2D eigenvalue weighted by molar-refractivity contribution is 7.11. The lowest BCUT2D eigenvalue weighted by atomic mass is 10.2. The summed E-state index contributed by atoms with van der Waals surface area (Å²) in [6.45, 7) is 3.40. The molecule has 26 heavy (non-hydrogen) atoms. The molecule has 8 heteroatoms. The Hall–Kier alpha value is -2.48. The number of aromatic nitrogens is 1. The molecule has 142 valence electrons. The van der Waals surface area contributed by atoms with Crippen molar-refractivity contribution in [1.29, 1.82) is 0 Å². The van der Waals surface area contributed by atoms with E-state index in [1.54, 1.807) is 39.7 Å². The molecule has 0 atom stereocenters. The number of thiazole rings is 1. The highest BCUT2D eigenvalue weighted by atomic mass is 32.1. The summed E-state index contributed by atoms with van der Waals surface area (Å²) < 4.78 is 16.1. The van der Waals surface area contributed by atoms with Crippen molar-refractivity contribution in [2.75, 3.05) is 34.9 Å². The quantitative estimate of drug-likeness (QED) is 0.543. The van der Waals surface area contributed by atoms with Crippen LogP contribution in [0.15, 0.2) is 23.3 Å². The summed E-state index contributed by atoms with van der Waals surface area (Å²) in [6.07, 6.45) is 2.76. The zero-order chi connectivity index (χ0) is 18.9. The summed E-state index contributed by atoms with van der Waals surface area (Å²) in [4.78, 5) is 9.84. The van der Waals surface area contributed by atoms with E-state index in [-0.39, 0.29) is 0 Å². The number of aliphatic imine (C=N–C) groups is 1. The lowest BCUT2D eigenvalue weighted by Crippen LogP contribution is -2.37.